The molecule has 0 unspecified atom stereocenters. The number of hydrogen-bond donors (Lipinski definition) is 1. The van der Waals surface area contributed by atoms with Crippen LogP contribution < -0.4 is 5.32 Å². The molecule has 0 aliphatic heterocycles. The number of nitrogens with zero attached hydrogens (tertiary/aromatic N) is 4. The molecule has 0 radical (unpaired) electrons. The van der Waals surface area contributed by atoms with Gasteiger partial charge in [0.1, 0.15) is 5.69 Å². The normalized spacial score (nSPS) is 10.7. The third-order valence-electron chi connectivity index (χ3n) is 3.26. The number of carbonyl (C=O) groups excluding carboxylic acids is 1. The number of anilines is 1. The van der Waals surface area contributed by atoms with Crippen LogP contribution in [-0.2, 0) is 0 Å². The lowest BCUT2D eigenvalue weighted by atomic mass is 10.1. The summed E-state index contributed by atoms with van der Waals surface area (Å²) in [6.45, 7) is 3.98. The van der Waals surface area contributed by atoms with Gasteiger partial charge in [0, 0.05) is 11.8 Å². The maximum absolute atomic E-state index is 12.6. The van der Waals surface area contributed by atoms with Crippen molar-refractivity contribution < 1.29 is 9.42 Å². The zero-order valence-corrected chi connectivity index (χ0v) is 15.9. The smallest absolute Gasteiger partial charge is 0.276 e. The third kappa shape index (κ3) is 4.05. The van der Waals surface area contributed by atoms with E-state index in [4.69, 9.17) is 4.63 Å². The molecule has 0 saturated heterocycles. The predicted molar refractivity (Wildman–Crippen MR) is 98.6 cm³/mol. The van der Waals surface area contributed by atoms with Gasteiger partial charge in [0.2, 0.25) is 5.82 Å². The Bertz CT molecular complexity index is 898. The maximum atomic E-state index is 12.6. The molecule has 0 atom stereocenters. The van der Waals surface area contributed by atoms with E-state index in [-0.39, 0.29) is 11.5 Å². The molecule has 1 amide bonds. The van der Waals surface area contributed by atoms with Gasteiger partial charge in [0.25, 0.3) is 5.91 Å². The van der Waals surface area contributed by atoms with E-state index in [1.54, 1.807) is 6.20 Å². The van der Waals surface area contributed by atoms with E-state index in [1.807, 2.05) is 38.1 Å². The van der Waals surface area contributed by atoms with Crippen LogP contribution in [0.5, 0.6) is 0 Å². The zero-order chi connectivity index (χ0) is 17.8. The zero-order valence-electron chi connectivity index (χ0n) is 13.5. The molecule has 2 aromatic heterocycles. The van der Waals surface area contributed by atoms with Gasteiger partial charge in [-0.2, -0.15) is 0 Å². The van der Waals surface area contributed by atoms with Crippen molar-refractivity contribution in [3.05, 3.63) is 46.2 Å². The van der Waals surface area contributed by atoms with E-state index < -0.39 is 5.91 Å². The lowest BCUT2D eigenvalue weighted by molar-refractivity contribution is 0.101. The van der Waals surface area contributed by atoms with Crippen molar-refractivity contribution in [2.75, 3.05) is 11.1 Å². The minimum absolute atomic E-state index is 0.226. The van der Waals surface area contributed by atoms with Crippen LogP contribution in [-0.4, -0.2) is 31.9 Å². The van der Waals surface area contributed by atoms with Gasteiger partial charge >= 0.3 is 0 Å². The van der Waals surface area contributed by atoms with Gasteiger partial charge in [-0.3, -0.25) is 4.79 Å². The number of thioether (sulfide) groups is 1. The highest BCUT2D eigenvalue weighted by atomic mass is 79.9. The van der Waals surface area contributed by atoms with Gasteiger partial charge in [-0.25, -0.2) is 14.6 Å². The Morgan fingerprint density at radius 3 is 2.76 bits per heavy atom. The molecule has 2 heterocycles. The fourth-order valence-corrected chi connectivity index (χ4v) is 2.96. The average molecular weight is 420 g/mol. The number of nitrogens with one attached hydrogen (secondary N) is 1. The SMILES string of the molecule is CCSc1ncc(Br)c(C(=O)Nc2nonc2-c2ccc(C)cc2)n1. The minimum Gasteiger partial charge on any atom is -0.300 e. The summed E-state index contributed by atoms with van der Waals surface area (Å²) < 4.78 is 5.30. The second-order valence-electron chi connectivity index (χ2n) is 5.06. The molecule has 9 heteroatoms. The van der Waals surface area contributed by atoms with Crippen LogP contribution in [0.1, 0.15) is 23.0 Å². The van der Waals surface area contributed by atoms with Crippen molar-refractivity contribution in [1.82, 2.24) is 20.3 Å². The molecule has 0 bridgehead atoms. The highest BCUT2D eigenvalue weighted by Gasteiger charge is 2.19. The molecule has 1 aromatic carbocycles. The van der Waals surface area contributed by atoms with Crippen molar-refractivity contribution >= 4 is 39.4 Å². The summed E-state index contributed by atoms with van der Waals surface area (Å²) in [6.07, 6.45) is 1.56. The summed E-state index contributed by atoms with van der Waals surface area (Å²) in [5.74, 6) is 0.633. The molecule has 0 saturated carbocycles. The Balaban J connectivity index is 1.86. The van der Waals surface area contributed by atoms with Crippen molar-refractivity contribution in [2.24, 2.45) is 0 Å². The molecule has 0 spiro atoms. The Hall–Kier alpha value is -2.26. The van der Waals surface area contributed by atoms with E-state index >= 15 is 0 Å². The molecule has 128 valence electrons. The number of halogens is 1. The van der Waals surface area contributed by atoms with Gasteiger partial charge < -0.3 is 5.32 Å². The second kappa shape index (κ2) is 7.75. The molecule has 0 aliphatic carbocycles. The van der Waals surface area contributed by atoms with Crippen LogP contribution in [0.4, 0.5) is 5.82 Å². The van der Waals surface area contributed by atoms with Crippen molar-refractivity contribution in [3.63, 3.8) is 0 Å². The standard InChI is InChI=1S/C16H14BrN5O2S/c1-3-25-16-18-8-11(17)13(19-16)15(23)20-14-12(21-24-22-14)10-6-4-9(2)5-7-10/h4-8H,3H2,1-2H3,(H,20,22,23). The average Bonchev–Trinajstić information content (AvgIpc) is 3.05. The summed E-state index contributed by atoms with van der Waals surface area (Å²) in [5.41, 5.74) is 2.60. The molecule has 1 N–H and O–H groups in total. The molecular formula is C16H14BrN5O2S. The molecular weight excluding hydrogens is 406 g/mol. The van der Waals surface area contributed by atoms with Crippen LogP contribution in [0.25, 0.3) is 11.3 Å². The van der Waals surface area contributed by atoms with Crippen molar-refractivity contribution in [1.29, 1.82) is 0 Å². The third-order valence-corrected chi connectivity index (χ3v) is 4.58. The number of carbonyl (C=O) groups is 1. The molecule has 0 fully saturated rings. The fraction of sp³-hybridized carbons (Fsp3) is 0.188. The molecule has 0 aliphatic rings. The van der Waals surface area contributed by atoms with Crippen LogP contribution in [0.2, 0.25) is 0 Å². The first-order valence-corrected chi connectivity index (χ1v) is 9.22. The summed E-state index contributed by atoms with van der Waals surface area (Å²) in [7, 11) is 0. The maximum Gasteiger partial charge on any atom is 0.276 e. The largest absolute Gasteiger partial charge is 0.300 e. The first-order valence-electron chi connectivity index (χ1n) is 7.44. The summed E-state index contributed by atoms with van der Waals surface area (Å²) in [5, 5.41) is 10.9. The van der Waals surface area contributed by atoms with Gasteiger partial charge in [-0.15, -0.1) is 0 Å². The van der Waals surface area contributed by atoms with E-state index in [0.29, 0.717) is 15.3 Å². The van der Waals surface area contributed by atoms with E-state index in [1.165, 1.54) is 11.8 Å². The second-order valence-corrected chi connectivity index (χ2v) is 7.15. The highest BCUT2D eigenvalue weighted by molar-refractivity contribution is 9.10. The van der Waals surface area contributed by atoms with Gasteiger partial charge in [0.05, 0.1) is 4.47 Å². The van der Waals surface area contributed by atoms with Crippen LogP contribution in [0, 0.1) is 6.92 Å². The van der Waals surface area contributed by atoms with E-state index in [9.17, 15) is 4.79 Å². The predicted octanol–water partition coefficient (Wildman–Crippen LogP) is 3.96. The molecule has 3 aromatic rings. The van der Waals surface area contributed by atoms with Crippen molar-refractivity contribution in [2.45, 2.75) is 19.0 Å². The highest BCUT2D eigenvalue weighted by Crippen LogP contribution is 2.26. The first-order chi connectivity index (χ1) is 12.1. The summed E-state index contributed by atoms with van der Waals surface area (Å²) in [6, 6.07) is 7.68. The number of amides is 1. The van der Waals surface area contributed by atoms with Crippen LogP contribution in [0.3, 0.4) is 0 Å². The minimum atomic E-state index is -0.420. The Morgan fingerprint density at radius 1 is 1.28 bits per heavy atom. The van der Waals surface area contributed by atoms with E-state index in [0.717, 1.165) is 16.9 Å². The fourth-order valence-electron chi connectivity index (χ4n) is 2.05. The lowest BCUT2D eigenvalue weighted by Gasteiger charge is -2.06. The van der Waals surface area contributed by atoms with E-state index in [2.05, 4.69) is 41.5 Å². The Labute approximate surface area is 156 Å². The first kappa shape index (κ1) is 17.6. The number of hydrogen-bond acceptors (Lipinski definition) is 7. The number of rotatable bonds is 5. The lowest BCUT2D eigenvalue weighted by Crippen LogP contribution is -2.16. The monoisotopic (exact) mass is 419 g/mol. The molecule has 3 rings (SSSR count). The van der Waals surface area contributed by atoms with Gasteiger partial charge in [-0.05, 0) is 38.9 Å². The Kier molecular flexibility index (Phi) is 5.44. The molecule has 7 nitrogen and oxygen atoms in total. The quantitative estimate of drug-likeness (QED) is 0.493. The number of benzene rings is 1. The van der Waals surface area contributed by atoms with Crippen LogP contribution >= 0.6 is 27.7 Å². The number of aryl methyl sites for hydroxylation is 1. The summed E-state index contributed by atoms with van der Waals surface area (Å²) >= 11 is 4.76. The molecule has 25 heavy (non-hydrogen) atoms. The van der Waals surface area contributed by atoms with Gasteiger partial charge in [0.15, 0.2) is 10.9 Å². The number of aromatic nitrogens is 4. The van der Waals surface area contributed by atoms with Crippen molar-refractivity contribution in [3.8, 4) is 11.3 Å². The summed E-state index contributed by atoms with van der Waals surface area (Å²) in [4.78, 5) is 21.0. The topological polar surface area (TPSA) is 93.8 Å². The van der Waals surface area contributed by atoms with Gasteiger partial charge in [-0.1, -0.05) is 48.5 Å². The van der Waals surface area contributed by atoms with Crippen LogP contribution in [0.15, 0.2) is 44.7 Å². The Morgan fingerprint density at radius 2 is 2.04 bits per heavy atom.